The molecule has 0 bridgehead atoms. The topological polar surface area (TPSA) is 34.1 Å². The third-order valence-electron chi connectivity index (χ3n) is 3.71. The third kappa shape index (κ3) is 3.55. The van der Waals surface area contributed by atoms with Crippen LogP contribution in [0.4, 0.5) is 0 Å². The minimum Gasteiger partial charge on any atom is -0.289 e. The number of carbonyl (C=O) groups is 2. The van der Waals surface area contributed by atoms with Crippen molar-refractivity contribution in [1.29, 1.82) is 0 Å². The van der Waals surface area contributed by atoms with Crippen molar-refractivity contribution in [2.75, 3.05) is 0 Å². The summed E-state index contributed by atoms with van der Waals surface area (Å²) >= 11 is 0. The van der Waals surface area contributed by atoms with Crippen LogP contribution in [0.5, 0.6) is 0 Å². The summed E-state index contributed by atoms with van der Waals surface area (Å²) in [5.74, 6) is -0.138. The van der Waals surface area contributed by atoms with Gasteiger partial charge in [0.1, 0.15) is 0 Å². The van der Waals surface area contributed by atoms with E-state index in [-0.39, 0.29) is 11.6 Å². The molecule has 3 aromatic rings. The first-order valence-corrected chi connectivity index (χ1v) is 7.72. The molecule has 0 aromatic heterocycles. The Labute approximate surface area is 141 Å². The van der Waals surface area contributed by atoms with Gasteiger partial charge in [-0.25, -0.2) is 0 Å². The Balaban J connectivity index is 1.89. The zero-order valence-electron chi connectivity index (χ0n) is 13.1. The lowest BCUT2D eigenvalue weighted by atomic mass is 9.97. The highest BCUT2D eigenvalue weighted by atomic mass is 16.1. The van der Waals surface area contributed by atoms with Gasteiger partial charge in [-0.3, -0.25) is 9.59 Å². The Morgan fingerprint density at radius 3 is 1.83 bits per heavy atom. The van der Waals surface area contributed by atoms with Gasteiger partial charge in [0.25, 0.3) is 0 Å². The molecule has 0 saturated carbocycles. The minimum absolute atomic E-state index is 0.0528. The number of carbonyl (C=O) groups excluding carboxylic acids is 2. The number of rotatable bonds is 5. The highest BCUT2D eigenvalue weighted by Crippen LogP contribution is 2.16. The number of ketones is 2. The SMILES string of the molecule is O=C(/C=C/c1ccccc1C(=O)c1ccccc1)c1ccccc1. The average Bonchev–Trinajstić information content (AvgIpc) is 2.67. The van der Waals surface area contributed by atoms with Gasteiger partial charge in [0, 0.05) is 16.7 Å². The van der Waals surface area contributed by atoms with Gasteiger partial charge in [0.05, 0.1) is 0 Å². The second kappa shape index (κ2) is 7.34. The summed E-state index contributed by atoms with van der Waals surface area (Å²) in [6.07, 6.45) is 3.21. The Hall–Kier alpha value is -3.26. The zero-order valence-corrected chi connectivity index (χ0v) is 13.1. The quantitative estimate of drug-likeness (QED) is 0.500. The standard InChI is InChI=1S/C22H16O2/c23-21(18-10-3-1-4-11-18)16-15-17-9-7-8-14-20(17)22(24)19-12-5-2-6-13-19/h1-16H/b16-15+. The van der Waals surface area contributed by atoms with E-state index >= 15 is 0 Å². The van der Waals surface area contributed by atoms with Crippen LogP contribution in [0.3, 0.4) is 0 Å². The molecule has 3 aromatic carbocycles. The Bertz CT molecular complexity index is 878. The first-order valence-electron chi connectivity index (χ1n) is 7.72. The van der Waals surface area contributed by atoms with Gasteiger partial charge in [-0.15, -0.1) is 0 Å². The normalized spacial score (nSPS) is 10.7. The summed E-state index contributed by atoms with van der Waals surface area (Å²) in [4.78, 5) is 24.9. The zero-order chi connectivity index (χ0) is 16.8. The maximum Gasteiger partial charge on any atom is 0.193 e. The van der Waals surface area contributed by atoms with Crippen LogP contribution in [0.2, 0.25) is 0 Å². The summed E-state index contributed by atoms with van der Waals surface area (Å²) in [5, 5.41) is 0. The van der Waals surface area contributed by atoms with E-state index in [1.807, 2.05) is 54.6 Å². The van der Waals surface area contributed by atoms with Crippen LogP contribution in [0.25, 0.3) is 6.08 Å². The number of hydrogen-bond acceptors (Lipinski definition) is 2. The number of benzene rings is 3. The molecule has 0 heterocycles. The molecule has 0 unspecified atom stereocenters. The molecule has 0 atom stereocenters. The lowest BCUT2D eigenvalue weighted by molar-refractivity contribution is 0.103. The summed E-state index contributed by atoms with van der Waals surface area (Å²) in [6, 6.07) is 25.5. The molecule has 24 heavy (non-hydrogen) atoms. The summed E-state index contributed by atoms with van der Waals surface area (Å²) in [7, 11) is 0. The molecule has 0 amide bonds. The molecule has 2 nitrogen and oxygen atoms in total. The Morgan fingerprint density at radius 2 is 1.17 bits per heavy atom. The molecule has 0 aliphatic rings. The largest absolute Gasteiger partial charge is 0.289 e. The molecule has 0 fully saturated rings. The van der Waals surface area contributed by atoms with Crippen LogP contribution < -0.4 is 0 Å². The maximum atomic E-state index is 12.7. The van der Waals surface area contributed by atoms with Gasteiger partial charge < -0.3 is 0 Å². The number of allylic oxidation sites excluding steroid dienone is 1. The van der Waals surface area contributed by atoms with E-state index in [4.69, 9.17) is 0 Å². The lowest BCUT2D eigenvalue weighted by Gasteiger charge is -2.05. The van der Waals surface area contributed by atoms with Gasteiger partial charge in [-0.05, 0) is 11.6 Å². The predicted molar refractivity (Wildman–Crippen MR) is 96.1 cm³/mol. The summed E-state index contributed by atoms with van der Waals surface area (Å²) in [6.45, 7) is 0. The predicted octanol–water partition coefficient (Wildman–Crippen LogP) is 4.81. The average molecular weight is 312 g/mol. The van der Waals surface area contributed by atoms with Crippen LogP contribution in [-0.4, -0.2) is 11.6 Å². The first kappa shape index (κ1) is 15.6. The monoisotopic (exact) mass is 312 g/mol. The molecule has 0 saturated heterocycles. The smallest absolute Gasteiger partial charge is 0.193 e. The van der Waals surface area contributed by atoms with Crippen molar-refractivity contribution in [2.24, 2.45) is 0 Å². The van der Waals surface area contributed by atoms with Crippen molar-refractivity contribution in [3.8, 4) is 0 Å². The first-order chi connectivity index (χ1) is 11.8. The highest BCUT2D eigenvalue weighted by molar-refractivity contribution is 6.12. The summed E-state index contributed by atoms with van der Waals surface area (Å²) in [5.41, 5.74) is 2.57. The van der Waals surface area contributed by atoms with Crippen molar-refractivity contribution in [1.82, 2.24) is 0 Å². The van der Waals surface area contributed by atoms with E-state index in [9.17, 15) is 9.59 Å². The van der Waals surface area contributed by atoms with Crippen LogP contribution in [0.1, 0.15) is 31.8 Å². The molecule has 0 aliphatic carbocycles. The molecule has 2 heteroatoms. The van der Waals surface area contributed by atoms with Gasteiger partial charge in [-0.1, -0.05) is 91.0 Å². The van der Waals surface area contributed by atoms with Crippen molar-refractivity contribution in [2.45, 2.75) is 0 Å². The Kier molecular flexibility index (Phi) is 4.78. The summed E-state index contributed by atoms with van der Waals surface area (Å²) < 4.78 is 0. The lowest BCUT2D eigenvalue weighted by Crippen LogP contribution is -2.03. The van der Waals surface area contributed by atoms with Crippen LogP contribution in [-0.2, 0) is 0 Å². The Morgan fingerprint density at radius 1 is 0.625 bits per heavy atom. The van der Waals surface area contributed by atoms with E-state index in [1.54, 1.807) is 36.4 Å². The third-order valence-corrected chi connectivity index (χ3v) is 3.71. The van der Waals surface area contributed by atoms with Crippen LogP contribution in [0.15, 0.2) is 91.0 Å². The van der Waals surface area contributed by atoms with Gasteiger partial charge >= 0.3 is 0 Å². The second-order valence-corrected chi connectivity index (χ2v) is 5.35. The van der Waals surface area contributed by atoms with Crippen LogP contribution in [0, 0.1) is 0 Å². The van der Waals surface area contributed by atoms with E-state index in [0.29, 0.717) is 16.7 Å². The fraction of sp³-hybridized carbons (Fsp3) is 0. The maximum absolute atomic E-state index is 12.7. The molecular weight excluding hydrogens is 296 g/mol. The van der Waals surface area contributed by atoms with Gasteiger partial charge in [-0.2, -0.15) is 0 Å². The minimum atomic E-state index is -0.0856. The molecular formula is C22H16O2. The molecule has 3 rings (SSSR count). The molecule has 0 N–H and O–H groups in total. The van der Waals surface area contributed by atoms with Crippen molar-refractivity contribution >= 4 is 17.6 Å². The van der Waals surface area contributed by atoms with Gasteiger partial charge in [0.15, 0.2) is 11.6 Å². The van der Waals surface area contributed by atoms with Crippen molar-refractivity contribution < 1.29 is 9.59 Å². The van der Waals surface area contributed by atoms with E-state index in [1.165, 1.54) is 6.08 Å². The van der Waals surface area contributed by atoms with Crippen molar-refractivity contribution in [3.05, 3.63) is 113 Å². The van der Waals surface area contributed by atoms with Gasteiger partial charge in [0.2, 0.25) is 0 Å². The number of hydrogen-bond donors (Lipinski definition) is 0. The fourth-order valence-electron chi connectivity index (χ4n) is 2.46. The second-order valence-electron chi connectivity index (χ2n) is 5.35. The van der Waals surface area contributed by atoms with E-state index in [0.717, 1.165) is 5.56 Å². The van der Waals surface area contributed by atoms with E-state index in [2.05, 4.69) is 0 Å². The molecule has 0 aliphatic heterocycles. The highest BCUT2D eigenvalue weighted by Gasteiger charge is 2.11. The fourth-order valence-corrected chi connectivity index (χ4v) is 2.46. The molecule has 116 valence electrons. The molecule has 0 radical (unpaired) electrons. The van der Waals surface area contributed by atoms with E-state index < -0.39 is 0 Å². The van der Waals surface area contributed by atoms with Crippen LogP contribution >= 0.6 is 0 Å². The molecule has 0 spiro atoms. The van der Waals surface area contributed by atoms with Crippen molar-refractivity contribution in [3.63, 3.8) is 0 Å².